The summed E-state index contributed by atoms with van der Waals surface area (Å²) in [7, 11) is 1.67. The maximum atomic E-state index is 5.98. The Balaban J connectivity index is 3.02. The number of rotatable bonds is 5. The molecule has 0 fully saturated rings. The fourth-order valence-corrected chi connectivity index (χ4v) is 3.22. The van der Waals surface area contributed by atoms with Gasteiger partial charge in [-0.05, 0) is 31.8 Å². The first-order valence-electron chi connectivity index (χ1n) is 4.69. The minimum Gasteiger partial charge on any atom is -0.431 e. The molecule has 17 heavy (non-hydrogen) atoms. The van der Waals surface area contributed by atoms with Gasteiger partial charge in [-0.25, -0.2) is 5.09 Å². The minimum atomic E-state index is -2.59. The van der Waals surface area contributed by atoms with Gasteiger partial charge in [0.05, 0.1) is 21.7 Å². The summed E-state index contributed by atoms with van der Waals surface area (Å²) in [6, 6.07) is 3.02. The highest BCUT2D eigenvalue weighted by atomic mass is 35.5. The van der Waals surface area contributed by atoms with E-state index in [1.165, 1.54) is 12.1 Å². The lowest BCUT2D eigenvalue weighted by atomic mass is 10.3. The van der Waals surface area contributed by atoms with Gasteiger partial charge in [-0.1, -0.05) is 34.8 Å². The van der Waals surface area contributed by atoms with Gasteiger partial charge in [-0.3, -0.25) is 0 Å². The third-order valence-corrected chi connectivity index (χ3v) is 5.45. The van der Waals surface area contributed by atoms with Crippen molar-refractivity contribution in [3.8, 4) is 5.75 Å². The molecular weight excluding hydrogens is 324 g/mol. The molecule has 96 valence electrons. The first kappa shape index (κ1) is 15.5. The SMILES string of the molecule is CCOP(=S)(NC)Oc1cc(Cl)c(Cl)cc1Cl. The first-order valence-corrected chi connectivity index (χ1v) is 8.46. The van der Waals surface area contributed by atoms with Crippen LogP contribution in [0.2, 0.25) is 15.1 Å². The molecule has 0 aliphatic carbocycles. The highest BCUT2D eigenvalue weighted by Crippen LogP contribution is 2.47. The summed E-state index contributed by atoms with van der Waals surface area (Å²) in [5, 5.41) is 3.88. The molecule has 0 aliphatic heterocycles. The molecule has 0 spiro atoms. The summed E-state index contributed by atoms with van der Waals surface area (Å²) in [6.07, 6.45) is 0. The Morgan fingerprint density at radius 1 is 1.24 bits per heavy atom. The second-order valence-electron chi connectivity index (χ2n) is 2.93. The molecule has 1 rings (SSSR count). The lowest BCUT2D eigenvalue weighted by molar-refractivity contribution is 0.325. The Labute approximate surface area is 121 Å². The molecule has 1 aromatic rings. The van der Waals surface area contributed by atoms with Crippen molar-refractivity contribution in [2.24, 2.45) is 0 Å². The largest absolute Gasteiger partial charge is 0.431 e. The molecule has 1 atom stereocenters. The Kier molecular flexibility index (Phi) is 6.00. The number of hydrogen-bond acceptors (Lipinski definition) is 3. The fourth-order valence-electron chi connectivity index (χ4n) is 1.01. The molecule has 0 aromatic heterocycles. The predicted octanol–water partition coefficient (Wildman–Crippen LogP) is 4.51. The molecule has 3 nitrogen and oxygen atoms in total. The molecule has 1 unspecified atom stereocenters. The molecule has 1 N–H and O–H groups in total. The van der Waals surface area contributed by atoms with Crippen LogP contribution in [-0.4, -0.2) is 13.7 Å². The van der Waals surface area contributed by atoms with E-state index in [2.05, 4.69) is 5.09 Å². The fraction of sp³-hybridized carbons (Fsp3) is 0.333. The van der Waals surface area contributed by atoms with E-state index < -0.39 is 6.64 Å². The van der Waals surface area contributed by atoms with Crippen LogP contribution in [0.15, 0.2) is 12.1 Å². The van der Waals surface area contributed by atoms with Gasteiger partial charge in [0.2, 0.25) is 0 Å². The predicted molar refractivity (Wildman–Crippen MR) is 77.1 cm³/mol. The molecule has 8 heteroatoms. The highest BCUT2D eigenvalue weighted by Gasteiger charge is 2.20. The number of nitrogens with one attached hydrogen (secondary N) is 1. The molecule has 0 radical (unpaired) electrons. The summed E-state index contributed by atoms with van der Waals surface area (Å²) in [5.41, 5.74) is 0. The van der Waals surface area contributed by atoms with Crippen molar-refractivity contribution in [3.05, 3.63) is 27.2 Å². The second kappa shape index (κ2) is 6.58. The zero-order valence-electron chi connectivity index (χ0n) is 9.17. The van der Waals surface area contributed by atoms with Crippen LogP contribution in [0, 0.1) is 0 Å². The molecule has 0 amide bonds. The average molecular weight is 335 g/mol. The minimum absolute atomic E-state index is 0.337. The van der Waals surface area contributed by atoms with E-state index >= 15 is 0 Å². The van der Waals surface area contributed by atoms with E-state index in [1.54, 1.807) is 7.05 Å². The Morgan fingerprint density at radius 3 is 2.35 bits per heavy atom. The van der Waals surface area contributed by atoms with Crippen LogP contribution in [0.5, 0.6) is 5.75 Å². The average Bonchev–Trinajstić information content (AvgIpc) is 2.26. The molecule has 0 aliphatic rings. The third kappa shape index (κ3) is 4.25. The van der Waals surface area contributed by atoms with Gasteiger partial charge >= 0.3 is 6.64 Å². The number of benzene rings is 1. The van der Waals surface area contributed by atoms with E-state index in [-0.39, 0.29) is 0 Å². The third-order valence-electron chi connectivity index (χ3n) is 1.77. The van der Waals surface area contributed by atoms with E-state index in [0.29, 0.717) is 27.4 Å². The van der Waals surface area contributed by atoms with Gasteiger partial charge in [0, 0.05) is 6.07 Å². The van der Waals surface area contributed by atoms with Crippen molar-refractivity contribution >= 4 is 53.3 Å². The van der Waals surface area contributed by atoms with E-state index in [4.69, 9.17) is 55.7 Å². The van der Waals surface area contributed by atoms with Crippen molar-refractivity contribution in [3.63, 3.8) is 0 Å². The zero-order chi connectivity index (χ0) is 13.1. The molecule has 1 aromatic carbocycles. The van der Waals surface area contributed by atoms with Crippen LogP contribution in [0.25, 0.3) is 0 Å². The molecule has 0 heterocycles. The summed E-state index contributed by atoms with van der Waals surface area (Å²) in [6.45, 7) is -0.314. The number of halogens is 3. The monoisotopic (exact) mass is 333 g/mol. The summed E-state index contributed by atoms with van der Waals surface area (Å²) >= 11 is 22.9. The lowest BCUT2D eigenvalue weighted by Crippen LogP contribution is -2.11. The summed E-state index contributed by atoms with van der Waals surface area (Å²) < 4.78 is 10.9. The topological polar surface area (TPSA) is 30.5 Å². The summed E-state index contributed by atoms with van der Waals surface area (Å²) in [4.78, 5) is 0. The van der Waals surface area contributed by atoms with Crippen LogP contribution >= 0.6 is 41.4 Å². The molecular formula is C9H11Cl3NO2PS. The van der Waals surface area contributed by atoms with Crippen molar-refractivity contribution in [2.45, 2.75) is 6.92 Å². The van der Waals surface area contributed by atoms with Crippen LogP contribution in [0.4, 0.5) is 0 Å². The van der Waals surface area contributed by atoms with E-state index in [9.17, 15) is 0 Å². The summed E-state index contributed by atoms with van der Waals surface area (Å²) in [5.74, 6) is 0.354. The van der Waals surface area contributed by atoms with Crippen LogP contribution < -0.4 is 9.61 Å². The molecule has 0 saturated carbocycles. The van der Waals surface area contributed by atoms with Gasteiger partial charge < -0.3 is 9.05 Å². The van der Waals surface area contributed by atoms with Crippen LogP contribution in [0.3, 0.4) is 0 Å². The zero-order valence-corrected chi connectivity index (χ0v) is 13.1. The normalized spacial score (nSPS) is 14.4. The van der Waals surface area contributed by atoms with Crippen molar-refractivity contribution in [1.29, 1.82) is 0 Å². The Bertz CT molecular complexity index is 458. The van der Waals surface area contributed by atoms with Crippen LogP contribution in [-0.2, 0) is 16.3 Å². The van der Waals surface area contributed by atoms with Gasteiger partial charge in [0.15, 0.2) is 0 Å². The highest BCUT2D eigenvalue weighted by molar-refractivity contribution is 8.09. The van der Waals surface area contributed by atoms with Crippen molar-refractivity contribution in [2.75, 3.05) is 13.7 Å². The van der Waals surface area contributed by atoms with Crippen LogP contribution in [0.1, 0.15) is 6.92 Å². The Morgan fingerprint density at radius 2 is 1.82 bits per heavy atom. The van der Waals surface area contributed by atoms with E-state index in [1.807, 2.05) is 6.92 Å². The van der Waals surface area contributed by atoms with Gasteiger partial charge in [-0.2, -0.15) is 0 Å². The van der Waals surface area contributed by atoms with Gasteiger partial charge in [0.25, 0.3) is 0 Å². The second-order valence-corrected chi connectivity index (χ2v) is 7.47. The van der Waals surface area contributed by atoms with Gasteiger partial charge in [-0.15, -0.1) is 0 Å². The molecule has 0 bridgehead atoms. The maximum Gasteiger partial charge on any atom is 0.312 e. The van der Waals surface area contributed by atoms with E-state index in [0.717, 1.165) is 0 Å². The Hall–Kier alpha value is 0.460. The number of hydrogen-bond donors (Lipinski definition) is 1. The van der Waals surface area contributed by atoms with Gasteiger partial charge in [0.1, 0.15) is 5.75 Å². The van der Waals surface area contributed by atoms with Crippen molar-refractivity contribution in [1.82, 2.24) is 5.09 Å². The smallest absolute Gasteiger partial charge is 0.312 e. The molecule has 0 saturated heterocycles. The lowest BCUT2D eigenvalue weighted by Gasteiger charge is -2.21. The van der Waals surface area contributed by atoms with Crippen molar-refractivity contribution < 1.29 is 9.05 Å². The first-order chi connectivity index (χ1) is 7.91. The maximum absolute atomic E-state index is 5.98. The standard InChI is InChI=1S/C9H11Cl3NO2PS/c1-3-14-16(17,13-2)15-9-5-7(11)6(10)4-8(9)12/h4-5H,3H2,1-2H3,(H,13,17). The quantitative estimate of drug-likeness (QED) is 0.634.